The van der Waals surface area contributed by atoms with Crippen LogP contribution in [0.5, 0.6) is 5.75 Å². The number of amides is 2. The molecule has 0 aromatic heterocycles. The Balaban J connectivity index is 1.67. The highest BCUT2D eigenvalue weighted by atomic mass is 16.5. The summed E-state index contributed by atoms with van der Waals surface area (Å²) in [6, 6.07) is 16.1. The number of benzene rings is 2. The molecule has 2 aromatic rings. The highest BCUT2D eigenvalue weighted by Gasteiger charge is 2.30. The number of hydroxylamine groups is 1. The predicted octanol–water partition coefficient (Wildman–Crippen LogP) is 3.65. The molecule has 0 aliphatic carbocycles. The highest BCUT2D eigenvalue weighted by Crippen LogP contribution is 2.22. The minimum Gasteiger partial charge on any atom is -0.497 e. The van der Waals surface area contributed by atoms with E-state index in [0.717, 1.165) is 24.8 Å². The summed E-state index contributed by atoms with van der Waals surface area (Å²) < 4.78 is 10.9. The lowest BCUT2D eigenvalue weighted by Crippen LogP contribution is -2.41. The average Bonchev–Trinajstić information content (AvgIpc) is 2.83. The van der Waals surface area contributed by atoms with Gasteiger partial charge in [0.15, 0.2) is 0 Å². The standard InChI is InChI=1S/C24H30N2O5/c1-30-22-12-10-21(11-13-22)26(29)24(28)20(16-23(27)25-14-6-3-7-15-25)18-31-17-19-8-4-2-5-9-19/h2,4-5,8-13,20,29H,3,6-7,14-18H2,1H3/t20-/m1/s1. The molecule has 7 heteroatoms. The summed E-state index contributed by atoms with van der Waals surface area (Å²) in [5.41, 5.74) is 1.29. The molecule has 166 valence electrons. The van der Waals surface area contributed by atoms with Crippen molar-refractivity contribution in [3.63, 3.8) is 0 Å². The topological polar surface area (TPSA) is 79.3 Å². The van der Waals surface area contributed by atoms with E-state index >= 15 is 0 Å². The fourth-order valence-electron chi connectivity index (χ4n) is 3.62. The van der Waals surface area contributed by atoms with Gasteiger partial charge in [-0.05, 0) is 49.1 Å². The number of carbonyl (C=O) groups excluding carboxylic acids is 2. The van der Waals surface area contributed by atoms with E-state index in [-0.39, 0.29) is 18.9 Å². The zero-order chi connectivity index (χ0) is 22.1. The van der Waals surface area contributed by atoms with Crippen molar-refractivity contribution in [1.82, 2.24) is 4.90 Å². The first-order valence-corrected chi connectivity index (χ1v) is 10.6. The number of ether oxygens (including phenoxy) is 2. The molecule has 1 aliphatic rings. The number of likely N-dealkylation sites (tertiary alicyclic amines) is 1. The van der Waals surface area contributed by atoms with Gasteiger partial charge in [0.05, 0.1) is 31.9 Å². The van der Waals surface area contributed by atoms with Gasteiger partial charge < -0.3 is 14.4 Å². The summed E-state index contributed by atoms with van der Waals surface area (Å²) in [5, 5.41) is 11.1. The maximum atomic E-state index is 13.1. The maximum absolute atomic E-state index is 13.1. The van der Waals surface area contributed by atoms with Gasteiger partial charge in [0, 0.05) is 19.5 Å². The molecule has 1 aliphatic heterocycles. The number of methoxy groups -OCH3 is 1. The van der Waals surface area contributed by atoms with E-state index in [9.17, 15) is 14.8 Å². The maximum Gasteiger partial charge on any atom is 0.256 e. The Kier molecular flexibility index (Phi) is 8.44. The van der Waals surface area contributed by atoms with Gasteiger partial charge in [0.2, 0.25) is 5.91 Å². The Morgan fingerprint density at radius 2 is 1.71 bits per heavy atom. The fraction of sp³-hybridized carbons (Fsp3) is 0.417. The largest absolute Gasteiger partial charge is 0.497 e. The van der Waals surface area contributed by atoms with E-state index < -0.39 is 11.8 Å². The molecule has 31 heavy (non-hydrogen) atoms. The van der Waals surface area contributed by atoms with Gasteiger partial charge in [-0.3, -0.25) is 14.8 Å². The van der Waals surface area contributed by atoms with E-state index in [4.69, 9.17) is 9.47 Å². The number of hydrogen-bond acceptors (Lipinski definition) is 5. The molecule has 0 unspecified atom stereocenters. The van der Waals surface area contributed by atoms with Crippen LogP contribution < -0.4 is 9.80 Å². The van der Waals surface area contributed by atoms with Crippen molar-refractivity contribution in [2.24, 2.45) is 5.92 Å². The van der Waals surface area contributed by atoms with Crippen LogP contribution in [-0.4, -0.2) is 48.7 Å². The molecule has 2 amide bonds. The van der Waals surface area contributed by atoms with Gasteiger partial charge in [0.1, 0.15) is 5.75 Å². The van der Waals surface area contributed by atoms with E-state index in [1.165, 1.54) is 0 Å². The van der Waals surface area contributed by atoms with E-state index in [2.05, 4.69) is 0 Å². The molecule has 1 saturated heterocycles. The van der Waals surface area contributed by atoms with Gasteiger partial charge in [-0.2, -0.15) is 5.06 Å². The lowest BCUT2D eigenvalue weighted by atomic mass is 10.0. The molecule has 1 fully saturated rings. The summed E-state index contributed by atoms with van der Waals surface area (Å²) in [7, 11) is 1.54. The second-order valence-electron chi connectivity index (χ2n) is 7.69. The van der Waals surface area contributed by atoms with Crippen LogP contribution in [0, 0.1) is 5.92 Å². The zero-order valence-electron chi connectivity index (χ0n) is 17.9. The van der Waals surface area contributed by atoms with Crippen molar-refractivity contribution in [1.29, 1.82) is 0 Å². The molecule has 0 spiro atoms. The average molecular weight is 427 g/mol. The Morgan fingerprint density at radius 1 is 1.03 bits per heavy atom. The second-order valence-corrected chi connectivity index (χ2v) is 7.69. The quantitative estimate of drug-likeness (QED) is 0.489. The molecule has 1 heterocycles. The Hall–Kier alpha value is -2.90. The van der Waals surface area contributed by atoms with Gasteiger partial charge in [0.25, 0.3) is 5.91 Å². The van der Waals surface area contributed by atoms with Gasteiger partial charge in [-0.1, -0.05) is 30.3 Å². The first-order chi connectivity index (χ1) is 15.1. The molecule has 1 N–H and O–H groups in total. The molecular formula is C24H30N2O5. The smallest absolute Gasteiger partial charge is 0.256 e. The summed E-state index contributed by atoms with van der Waals surface area (Å²) in [5.74, 6) is -0.814. The summed E-state index contributed by atoms with van der Waals surface area (Å²) in [6.07, 6.45) is 3.08. The van der Waals surface area contributed by atoms with Crippen LogP contribution in [0.1, 0.15) is 31.2 Å². The fourth-order valence-corrected chi connectivity index (χ4v) is 3.62. The molecule has 2 aromatic carbocycles. The van der Waals surface area contributed by atoms with Crippen molar-refractivity contribution < 1.29 is 24.3 Å². The first kappa shape index (κ1) is 22.8. The number of anilines is 1. The van der Waals surface area contributed by atoms with Crippen LogP contribution in [0.15, 0.2) is 54.6 Å². The summed E-state index contributed by atoms with van der Waals surface area (Å²) >= 11 is 0. The molecular weight excluding hydrogens is 396 g/mol. The predicted molar refractivity (Wildman–Crippen MR) is 117 cm³/mol. The van der Waals surface area contributed by atoms with Gasteiger partial charge in [-0.25, -0.2) is 0 Å². The number of carbonyl (C=O) groups is 2. The number of rotatable bonds is 9. The zero-order valence-corrected chi connectivity index (χ0v) is 17.9. The molecule has 1 atom stereocenters. The Labute approximate surface area is 183 Å². The van der Waals surface area contributed by atoms with Crippen LogP contribution in [0.2, 0.25) is 0 Å². The number of nitrogens with zero attached hydrogens (tertiary/aromatic N) is 2. The van der Waals surface area contributed by atoms with Crippen molar-refractivity contribution in [3.8, 4) is 5.75 Å². The molecule has 3 rings (SSSR count). The second kappa shape index (κ2) is 11.5. The Bertz CT molecular complexity index is 835. The van der Waals surface area contributed by atoms with Crippen molar-refractivity contribution in [2.75, 3.05) is 31.9 Å². The third-order valence-electron chi connectivity index (χ3n) is 5.44. The minimum absolute atomic E-state index is 0.000831. The van der Waals surface area contributed by atoms with Crippen LogP contribution in [0.3, 0.4) is 0 Å². The van der Waals surface area contributed by atoms with Crippen molar-refractivity contribution >= 4 is 17.5 Å². The normalized spacial score (nSPS) is 14.7. The number of piperidine rings is 1. The van der Waals surface area contributed by atoms with Gasteiger partial charge >= 0.3 is 0 Å². The molecule has 0 radical (unpaired) electrons. The van der Waals surface area contributed by atoms with E-state index in [1.807, 2.05) is 30.3 Å². The first-order valence-electron chi connectivity index (χ1n) is 10.6. The van der Waals surface area contributed by atoms with E-state index in [1.54, 1.807) is 36.3 Å². The van der Waals surface area contributed by atoms with Gasteiger partial charge in [-0.15, -0.1) is 0 Å². The van der Waals surface area contributed by atoms with E-state index in [0.29, 0.717) is 36.2 Å². The lowest BCUT2D eigenvalue weighted by Gasteiger charge is -2.29. The molecule has 0 saturated carbocycles. The Morgan fingerprint density at radius 3 is 2.35 bits per heavy atom. The summed E-state index contributed by atoms with van der Waals surface area (Å²) in [6.45, 7) is 1.80. The minimum atomic E-state index is -0.787. The van der Waals surface area contributed by atoms with Crippen LogP contribution in [0.25, 0.3) is 0 Å². The van der Waals surface area contributed by atoms with Crippen LogP contribution >= 0.6 is 0 Å². The molecule has 7 nitrogen and oxygen atoms in total. The van der Waals surface area contributed by atoms with Crippen molar-refractivity contribution in [2.45, 2.75) is 32.3 Å². The highest BCUT2D eigenvalue weighted by molar-refractivity contribution is 5.95. The summed E-state index contributed by atoms with van der Waals surface area (Å²) in [4.78, 5) is 27.6. The van der Waals surface area contributed by atoms with Crippen molar-refractivity contribution in [3.05, 3.63) is 60.2 Å². The molecule has 0 bridgehead atoms. The third kappa shape index (κ3) is 6.54. The van der Waals surface area contributed by atoms with Crippen LogP contribution in [-0.2, 0) is 20.9 Å². The SMILES string of the molecule is COc1ccc(N(O)C(=O)[C@@H](COCc2ccccc2)CC(=O)N2CCCCC2)cc1. The third-order valence-corrected chi connectivity index (χ3v) is 5.44. The van der Waals surface area contributed by atoms with Crippen LogP contribution in [0.4, 0.5) is 5.69 Å². The monoisotopic (exact) mass is 426 g/mol. The number of hydrogen-bond donors (Lipinski definition) is 1. The lowest BCUT2D eigenvalue weighted by molar-refractivity contribution is -0.139.